The molecule has 0 spiro atoms. The van der Waals surface area contributed by atoms with Crippen LogP contribution in [-0.4, -0.2) is 0 Å². The standard InChI is InChI=1S/C16H14ClNO/c1-10-4-2-3-5-14(10)15-8-12(17)6-11-7-13(9-18)19-16(11)15/h2-8H,9,18H2,1H3. The van der Waals surface area contributed by atoms with Gasteiger partial charge < -0.3 is 10.2 Å². The minimum absolute atomic E-state index is 0.388. The van der Waals surface area contributed by atoms with Gasteiger partial charge in [-0.2, -0.15) is 0 Å². The number of hydrogen-bond acceptors (Lipinski definition) is 2. The molecule has 1 heterocycles. The molecule has 0 fully saturated rings. The lowest BCUT2D eigenvalue weighted by Crippen LogP contribution is -1.92. The van der Waals surface area contributed by atoms with Gasteiger partial charge in [0.25, 0.3) is 0 Å². The zero-order chi connectivity index (χ0) is 13.4. The van der Waals surface area contributed by atoms with Crippen LogP contribution < -0.4 is 5.73 Å². The first-order valence-corrected chi connectivity index (χ1v) is 6.55. The summed E-state index contributed by atoms with van der Waals surface area (Å²) in [6.45, 7) is 2.47. The lowest BCUT2D eigenvalue weighted by atomic mass is 9.99. The van der Waals surface area contributed by atoms with Gasteiger partial charge in [-0.1, -0.05) is 35.9 Å². The topological polar surface area (TPSA) is 39.2 Å². The van der Waals surface area contributed by atoms with Gasteiger partial charge in [-0.25, -0.2) is 0 Å². The van der Waals surface area contributed by atoms with Gasteiger partial charge in [0.2, 0.25) is 0 Å². The molecule has 0 saturated carbocycles. The molecule has 0 unspecified atom stereocenters. The summed E-state index contributed by atoms with van der Waals surface area (Å²) < 4.78 is 5.83. The third-order valence-electron chi connectivity index (χ3n) is 3.27. The molecule has 0 atom stereocenters. The van der Waals surface area contributed by atoms with Gasteiger partial charge in [0.1, 0.15) is 11.3 Å². The molecular formula is C16H14ClNO. The Morgan fingerprint density at radius 3 is 2.63 bits per heavy atom. The molecule has 0 aliphatic heterocycles. The van der Waals surface area contributed by atoms with Crippen LogP contribution in [0.4, 0.5) is 0 Å². The van der Waals surface area contributed by atoms with Crippen LogP contribution in [0.1, 0.15) is 11.3 Å². The molecule has 96 valence electrons. The van der Waals surface area contributed by atoms with Crippen LogP contribution in [0, 0.1) is 6.92 Å². The third-order valence-corrected chi connectivity index (χ3v) is 3.49. The summed E-state index contributed by atoms with van der Waals surface area (Å²) >= 11 is 6.21. The van der Waals surface area contributed by atoms with Crippen molar-refractivity contribution in [1.29, 1.82) is 0 Å². The number of nitrogens with two attached hydrogens (primary N) is 1. The third kappa shape index (κ3) is 2.14. The lowest BCUT2D eigenvalue weighted by Gasteiger charge is -2.07. The normalized spacial score (nSPS) is 11.1. The minimum Gasteiger partial charge on any atom is -0.459 e. The van der Waals surface area contributed by atoms with Crippen molar-refractivity contribution < 1.29 is 4.42 Å². The molecule has 0 saturated heterocycles. The van der Waals surface area contributed by atoms with Crippen LogP contribution in [-0.2, 0) is 6.54 Å². The molecule has 2 N–H and O–H groups in total. The van der Waals surface area contributed by atoms with Gasteiger partial charge in [-0.15, -0.1) is 0 Å². The fraction of sp³-hybridized carbons (Fsp3) is 0.125. The van der Waals surface area contributed by atoms with Gasteiger partial charge >= 0.3 is 0 Å². The summed E-state index contributed by atoms with van der Waals surface area (Å²) in [6, 6.07) is 14.0. The van der Waals surface area contributed by atoms with E-state index >= 15 is 0 Å². The highest BCUT2D eigenvalue weighted by Gasteiger charge is 2.12. The van der Waals surface area contributed by atoms with Gasteiger partial charge in [-0.05, 0) is 36.2 Å². The molecule has 2 aromatic carbocycles. The Morgan fingerprint density at radius 1 is 1.11 bits per heavy atom. The van der Waals surface area contributed by atoms with Crippen molar-refractivity contribution >= 4 is 22.6 Å². The first-order chi connectivity index (χ1) is 9.19. The minimum atomic E-state index is 0.388. The van der Waals surface area contributed by atoms with E-state index in [4.69, 9.17) is 21.8 Å². The monoisotopic (exact) mass is 271 g/mol. The maximum absolute atomic E-state index is 6.21. The largest absolute Gasteiger partial charge is 0.459 e. The van der Waals surface area contributed by atoms with Crippen molar-refractivity contribution in [3.05, 3.63) is 58.8 Å². The van der Waals surface area contributed by atoms with E-state index in [0.717, 1.165) is 27.9 Å². The number of halogens is 1. The number of hydrogen-bond donors (Lipinski definition) is 1. The van der Waals surface area contributed by atoms with E-state index in [1.165, 1.54) is 5.56 Å². The van der Waals surface area contributed by atoms with Gasteiger partial charge in [0.05, 0.1) is 6.54 Å². The van der Waals surface area contributed by atoms with Crippen LogP contribution in [0.3, 0.4) is 0 Å². The fourth-order valence-electron chi connectivity index (χ4n) is 2.35. The predicted octanol–water partition coefficient (Wildman–Crippen LogP) is 4.52. The summed E-state index contributed by atoms with van der Waals surface area (Å²) in [5.74, 6) is 0.770. The molecule has 1 aromatic heterocycles. The number of rotatable bonds is 2. The molecule has 0 aliphatic rings. The predicted molar refractivity (Wildman–Crippen MR) is 79.3 cm³/mol. The molecule has 0 aliphatic carbocycles. The molecule has 0 radical (unpaired) electrons. The van der Waals surface area contributed by atoms with E-state index < -0.39 is 0 Å². The van der Waals surface area contributed by atoms with Crippen molar-refractivity contribution in [3.8, 4) is 11.1 Å². The molecule has 3 rings (SSSR count). The van der Waals surface area contributed by atoms with Crippen LogP contribution in [0.15, 0.2) is 46.9 Å². The summed E-state index contributed by atoms with van der Waals surface area (Å²) in [7, 11) is 0. The van der Waals surface area contributed by atoms with Gasteiger partial charge in [-0.3, -0.25) is 0 Å². The van der Waals surface area contributed by atoms with Crippen molar-refractivity contribution in [1.82, 2.24) is 0 Å². The number of benzene rings is 2. The Morgan fingerprint density at radius 2 is 1.89 bits per heavy atom. The average molecular weight is 272 g/mol. The van der Waals surface area contributed by atoms with Gasteiger partial charge in [0, 0.05) is 16.0 Å². The highest BCUT2D eigenvalue weighted by molar-refractivity contribution is 6.31. The molecule has 0 amide bonds. The first-order valence-electron chi connectivity index (χ1n) is 6.17. The van der Waals surface area contributed by atoms with E-state index in [1.54, 1.807) is 0 Å². The van der Waals surface area contributed by atoms with Gasteiger partial charge in [0.15, 0.2) is 0 Å². The molecule has 0 bridgehead atoms. The van der Waals surface area contributed by atoms with E-state index in [2.05, 4.69) is 19.1 Å². The van der Waals surface area contributed by atoms with Crippen molar-refractivity contribution in [2.75, 3.05) is 0 Å². The average Bonchev–Trinajstić information content (AvgIpc) is 2.81. The molecule has 3 aromatic rings. The van der Waals surface area contributed by atoms with Crippen molar-refractivity contribution in [2.24, 2.45) is 5.73 Å². The van der Waals surface area contributed by atoms with Crippen LogP contribution in [0.2, 0.25) is 5.02 Å². The second kappa shape index (κ2) is 4.72. The summed E-state index contributed by atoms with van der Waals surface area (Å²) in [6.07, 6.45) is 0. The molecular weight excluding hydrogens is 258 g/mol. The SMILES string of the molecule is Cc1ccccc1-c1cc(Cl)cc2cc(CN)oc12. The Labute approximate surface area is 116 Å². The van der Waals surface area contributed by atoms with Crippen LogP contribution in [0.5, 0.6) is 0 Å². The van der Waals surface area contributed by atoms with Crippen LogP contribution >= 0.6 is 11.6 Å². The highest BCUT2D eigenvalue weighted by atomic mass is 35.5. The lowest BCUT2D eigenvalue weighted by molar-refractivity contribution is 0.553. The zero-order valence-corrected chi connectivity index (χ0v) is 11.4. The Hall–Kier alpha value is -1.77. The highest BCUT2D eigenvalue weighted by Crippen LogP contribution is 2.35. The fourth-order valence-corrected chi connectivity index (χ4v) is 2.57. The zero-order valence-electron chi connectivity index (χ0n) is 10.6. The molecule has 19 heavy (non-hydrogen) atoms. The van der Waals surface area contributed by atoms with E-state index in [1.807, 2.05) is 30.3 Å². The molecule has 3 heteroatoms. The van der Waals surface area contributed by atoms with Crippen LogP contribution in [0.25, 0.3) is 22.1 Å². The van der Waals surface area contributed by atoms with E-state index in [9.17, 15) is 0 Å². The Bertz CT molecular complexity index is 746. The maximum Gasteiger partial charge on any atom is 0.142 e. The number of aryl methyl sites for hydroxylation is 1. The van der Waals surface area contributed by atoms with Crippen molar-refractivity contribution in [3.63, 3.8) is 0 Å². The Kier molecular flexibility index (Phi) is 3.05. The Balaban J connectivity index is 2.34. The quantitative estimate of drug-likeness (QED) is 0.744. The summed E-state index contributed by atoms with van der Waals surface area (Å²) in [4.78, 5) is 0. The second-order valence-electron chi connectivity index (χ2n) is 4.60. The second-order valence-corrected chi connectivity index (χ2v) is 5.04. The summed E-state index contributed by atoms with van der Waals surface area (Å²) in [5.41, 5.74) is 9.83. The number of furan rings is 1. The van der Waals surface area contributed by atoms with Crippen molar-refractivity contribution in [2.45, 2.75) is 13.5 Å². The van der Waals surface area contributed by atoms with E-state index in [-0.39, 0.29) is 0 Å². The summed E-state index contributed by atoms with van der Waals surface area (Å²) in [5, 5.41) is 1.70. The smallest absolute Gasteiger partial charge is 0.142 e. The molecule has 2 nitrogen and oxygen atoms in total. The first kappa shape index (κ1) is 12.3. The van der Waals surface area contributed by atoms with E-state index in [0.29, 0.717) is 11.6 Å². The maximum atomic E-state index is 6.21. The number of fused-ring (bicyclic) bond motifs is 1.